The number of furan rings is 1. The SMILES string of the molecule is Nc1ccn2nc(-c3ccco3)c(Br)c2n1. The van der Waals surface area contributed by atoms with Gasteiger partial charge in [-0.15, -0.1) is 0 Å². The normalized spacial score (nSPS) is 11.1. The van der Waals surface area contributed by atoms with Gasteiger partial charge >= 0.3 is 0 Å². The molecule has 3 aromatic heterocycles. The number of hydrogen-bond donors (Lipinski definition) is 1. The third kappa shape index (κ3) is 1.30. The third-order valence-electron chi connectivity index (χ3n) is 2.21. The lowest BCUT2D eigenvalue weighted by Crippen LogP contribution is -1.94. The summed E-state index contributed by atoms with van der Waals surface area (Å²) in [5.74, 6) is 1.15. The van der Waals surface area contributed by atoms with Gasteiger partial charge in [-0.2, -0.15) is 5.10 Å². The summed E-state index contributed by atoms with van der Waals surface area (Å²) in [6, 6.07) is 5.35. The Morgan fingerprint density at radius 2 is 2.25 bits per heavy atom. The van der Waals surface area contributed by atoms with E-state index in [4.69, 9.17) is 10.2 Å². The van der Waals surface area contributed by atoms with Gasteiger partial charge in [0, 0.05) is 6.20 Å². The molecule has 0 aliphatic rings. The van der Waals surface area contributed by atoms with Crippen LogP contribution in [0.15, 0.2) is 39.5 Å². The number of anilines is 1. The summed E-state index contributed by atoms with van der Waals surface area (Å²) in [5, 5.41) is 4.35. The van der Waals surface area contributed by atoms with Crippen LogP contribution < -0.4 is 5.73 Å². The van der Waals surface area contributed by atoms with E-state index in [0.717, 1.165) is 4.47 Å². The first-order valence-corrected chi connectivity index (χ1v) is 5.39. The van der Waals surface area contributed by atoms with Crippen molar-refractivity contribution < 1.29 is 4.42 Å². The van der Waals surface area contributed by atoms with Gasteiger partial charge in [0.25, 0.3) is 0 Å². The van der Waals surface area contributed by atoms with Gasteiger partial charge in [-0.25, -0.2) is 9.50 Å². The highest BCUT2D eigenvalue weighted by atomic mass is 79.9. The van der Waals surface area contributed by atoms with Crippen molar-refractivity contribution in [3.8, 4) is 11.5 Å². The predicted molar refractivity (Wildman–Crippen MR) is 62.8 cm³/mol. The van der Waals surface area contributed by atoms with E-state index in [2.05, 4.69) is 26.0 Å². The molecule has 0 atom stereocenters. The molecule has 16 heavy (non-hydrogen) atoms. The van der Waals surface area contributed by atoms with E-state index in [-0.39, 0.29) is 0 Å². The van der Waals surface area contributed by atoms with Crippen LogP contribution in [-0.2, 0) is 0 Å². The molecule has 0 spiro atoms. The van der Waals surface area contributed by atoms with Crippen LogP contribution in [0, 0.1) is 0 Å². The predicted octanol–water partition coefficient (Wildman–Crippen LogP) is 2.33. The maximum atomic E-state index is 5.62. The number of hydrogen-bond acceptors (Lipinski definition) is 4. The van der Waals surface area contributed by atoms with Gasteiger partial charge in [0.2, 0.25) is 0 Å². The summed E-state index contributed by atoms with van der Waals surface area (Å²) in [5.41, 5.74) is 7.01. The van der Waals surface area contributed by atoms with Gasteiger partial charge < -0.3 is 10.2 Å². The first-order chi connectivity index (χ1) is 7.75. The zero-order valence-corrected chi connectivity index (χ0v) is 9.68. The van der Waals surface area contributed by atoms with Crippen LogP contribution >= 0.6 is 15.9 Å². The van der Waals surface area contributed by atoms with Gasteiger partial charge in [-0.3, -0.25) is 0 Å². The summed E-state index contributed by atoms with van der Waals surface area (Å²) in [6.07, 6.45) is 3.36. The van der Waals surface area contributed by atoms with Gasteiger partial charge in [0.1, 0.15) is 11.5 Å². The van der Waals surface area contributed by atoms with Crippen molar-refractivity contribution >= 4 is 27.4 Å². The molecule has 0 amide bonds. The number of aromatic nitrogens is 3. The van der Waals surface area contributed by atoms with Crippen LogP contribution in [0.5, 0.6) is 0 Å². The van der Waals surface area contributed by atoms with Gasteiger partial charge in [0.05, 0.1) is 10.7 Å². The van der Waals surface area contributed by atoms with Crippen molar-refractivity contribution in [1.29, 1.82) is 0 Å². The molecule has 5 nitrogen and oxygen atoms in total. The van der Waals surface area contributed by atoms with Crippen LogP contribution in [-0.4, -0.2) is 14.6 Å². The zero-order valence-electron chi connectivity index (χ0n) is 8.09. The van der Waals surface area contributed by atoms with Crippen LogP contribution in [0.25, 0.3) is 17.1 Å². The monoisotopic (exact) mass is 278 g/mol. The minimum atomic E-state index is 0.457. The van der Waals surface area contributed by atoms with E-state index < -0.39 is 0 Å². The van der Waals surface area contributed by atoms with Crippen molar-refractivity contribution in [2.45, 2.75) is 0 Å². The molecule has 2 N–H and O–H groups in total. The lowest BCUT2D eigenvalue weighted by Gasteiger charge is -1.93. The van der Waals surface area contributed by atoms with E-state index in [1.54, 1.807) is 23.0 Å². The maximum Gasteiger partial charge on any atom is 0.172 e. The second-order valence-corrected chi connectivity index (χ2v) is 4.05. The highest BCUT2D eigenvalue weighted by Crippen LogP contribution is 2.30. The quantitative estimate of drug-likeness (QED) is 0.742. The average Bonchev–Trinajstić information content (AvgIpc) is 2.87. The van der Waals surface area contributed by atoms with E-state index >= 15 is 0 Å². The van der Waals surface area contributed by atoms with E-state index in [1.807, 2.05) is 12.1 Å². The molecular weight excluding hydrogens is 272 g/mol. The third-order valence-corrected chi connectivity index (χ3v) is 2.94. The van der Waals surface area contributed by atoms with Crippen molar-refractivity contribution in [2.75, 3.05) is 5.73 Å². The highest BCUT2D eigenvalue weighted by molar-refractivity contribution is 9.10. The van der Waals surface area contributed by atoms with Crippen LogP contribution in [0.4, 0.5) is 5.82 Å². The Morgan fingerprint density at radius 1 is 1.38 bits per heavy atom. The molecule has 80 valence electrons. The van der Waals surface area contributed by atoms with Crippen molar-refractivity contribution in [1.82, 2.24) is 14.6 Å². The molecule has 3 heterocycles. The molecule has 3 rings (SSSR count). The minimum absolute atomic E-state index is 0.457. The molecule has 3 aromatic rings. The summed E-state index contributed by atoms with van der Waals surface area (Å²) >= 11 is 3.45. The lowest BCUT2D eigenvalue weighted by molar-refractivity contribution is 0.579. The summed E-state index contributed by atoms with van der Waals surface area (Å²) in [6.45, 7) is 0. The largest absolute Gasteiger partial charge is 0.463 e. The van der Waals surface area contributed by atoms with Crippen molar-refractivity contribution in [3.05, 3.63) is 35.1 Å². The van der Waals surface area contributed by atoms with E-state index in [9.17, 15) is 0 Å². The molecule has 0 aliphatic carbocycles. The van der Waals surface area contributed by atoms with E-state index in [0.29, 0.717) is 22.9 Å². The Kier molecular flexibility index (Phi) is 1.97. The maximum absolute atomic E-state index is 5.62. The standard InChI is InChI=1S/C10H7BrN4O/c11-8-9(6-2-1-5-16-6)14-15-4-3-7(12)13-10(8)15/h1-5H,(H2,12,13). The van der Waals surface area contributed by atoms with Crippen molar-refractivity contribution in [3.63, 3.8) is 0 Å². The van der Waals surface area contributed by atoms with E-state index in [1.165, 1.54) is 0 Å². The molecule has 0 aromatic carbocycles. The van der Waals surface area contributed by atoms with Crippen LogP contribution in [0.3, 0.4) is 0 Å². The number of nitrogens with zero attached hydrogens (tertiary/aromatic N) is 3. The Labute approximate surface area is 99.0 Å². The van der Waals surface area contributed by atoms with Gasteiger partial charge in [-0.1, -0.05) is 0 Å². The molecule has 6 heteroatoms. The number of rotatable bonds is 1. The fraction of sp³-hybridized carbons (Fsp3) is 0. The Balaban J connectivity index is 2.32. The molecule has 0 fully saturated rings. The van der Waals surface area contributed by atoms with Crippen molar-refractivity contribution in [2.24, 2.45) is 0 Å². The number of fused-ring (bicyclic) bond motifs is 1. The minimum Gasteiger partial charge on any atom is -0.463 e. The summed E-state index contributed by atoms with van der Waals surface area (Å²) in [7, 11) is 0. The Hall–Kier alpha value is -1.82. The Bertz CT molecular complexity index is 644. The molecule has 0 bridgehead atoms. The smallest absolute Gasteiger partial charge is 0.172 e. The second kappa shape index (κ2) is 3.34. The Morgan fingerprint density at radius 3 is 3.00 bits per heavy atom. The summed E-state index contributed by atoms with van der Waals surface area (Å²) < 4.78 is 7.72. The molecular formula is C10H7BrN4O. The fourth-order valence-electron chi connectivity index (χ4n) is 1.49. The lowest BCUT2D eigenvalue weighted by atomic mass is 10.3. The first kappa shape index (κ1) is 9.41. The molecule has 0 saturated carbocycles. The van der Waals surface area contributed by atoms with Gasteiger partial charge in [-0.05, 0) is 34.1 Å². The number of halogens is 1. The summed E-state index contributed by atoms with van der Waals surface area (Å²) in [4.78, 5) is 4.20. The molecule has 0 unspecified atom stereocenters. The molecule has 0 radical (unpaired) electrons. The number of nitrogens with two attached hydrogens (primary N) is 1. The molecule has 0 aliphatic heterocycles. The first-order valence-electron chi connectivity index (χ1n) is 4.60. The fourth-order valence-corrected chi connectivity index (χ4v) is 2.03. The molecule has 0 saturated heterocycles. The van der Waals surface area contributed by atoms with Gasteiger partial charge in [0.15, 0.2) is 11.4 Å². The average molecular weight is 279 g/mol. The topological polar surface area (TPSA) is 69.3 Å². The number of nitrogen functional groups attached to an aromatic ring is 1. The van der Waals surface area contributed by atoms with Crippen LogP contribution in [0.2, 0.25) is 0 Å². The second-order valence-electron chi connectivity index (χ2n) is 3.26. The highest BCUT2D eigenvalue weighted by Gasteiger charge is 2.15. The van der Waals surface area contributed by atoms with Crippen LogP contribution in [0.1, 0.15) is 0 Å². The zero-order chi connectivity index (χ0) is 11.1.